The molecule has 2 aromatic carbocycles. The summed E-state index contributed by atoms with van der Waals surface area (Å²) < 4.78 is 11.3. The molecule has 0 bridgehead atoms. The van der Waals surface area contributed by atoms with Crippen LogP contribution in [0.2, 0.25) is 0 Å². The van der Waals surface area contributed by atoms with Crippen molar-refractivity contribution in [2.75, 3.05) is 0 Å². The van der Waals surface area contributed by atoms with Crippen LogP contribution >= 0.6 is 0 Å². The van der Waals surface area contributed by atoms with Crippen LogP contribution in [0.4, 0.5) is 0 Å². The number of nitrogens with one attached hydrogen (secondary N) is 1. The molecule has 1 aliphatic rings. The van der Waals surface area contributed by atoms with Gasteiger partial charge in [0.05, 0.1) is 0 Å². The Hall–Kier alpha value is -3.41. The summed E-state index contributed by atoms with van der Waals surface area (Å²) in [6, 6.07) is 20.1. The summed E-state index contributed by atoms with van der Waals surface area (Å²) in [5.41, 5.74) is 1.05. The van der Waals surface area contributed by atoms with E-state index in [4.69, 9.17) is 9.47 Å². The van der Waals surface area contributed by atoms with Crippen LogP contribution in [0.3, 0.4) is 0 Å². The van der Waals surface area contributed by atoms with E-state index in [-0.39, 0.29) is 18.1 Å². The Kier molecular flexibility index (Phi) is 7.69. The Morgan fingerprint density at radius 2 is 1.60 bits per heavy atom. The molecule has 0 unspecified atom stereocenters. The molecule has 184 valence electrons. The van der Waals surface area contributed by atoms with Crippen LogP contribution in [0.25, 0.3) is 0 Å². The van der Waals surface area contributed by atoms with Crippen LogP contribution < -0.4 is 10.3 Å². The standard InChI is InChI=1S/C29H34N2O4/c1-29(2,3)35-28(33)25-26(34-19-21-10-6-4-7-11-21)27(32)31-24(30-25)18-20-14-16-23(17-15-20)22-12-8-5-9-13-22/h4-13,20,23H,14-19H2,1-3H3,(H,30,31,32). The summed E-state index contributed by atoms with van der Waals surface area (Å²) >= 11 is 0. The molecule has 0 spiro atoms. The van der Waals surface area contributed by atoms with Gasteiger partial charge in [-0.15, -0.1) is 0 Å². The Morgan fingerprint density at radius 1 is 0.971 bits per heavy atom. The van der Waals surface area contributed by atoms with E-state index in [1.165, 1.54) is 5.56 Å². The lowest BCUT2D eigenvalue weighted by molar-refractivity contribution is 0.00571. The predicted octanol–water partition coefficient (Wildman–Crippen LogP) is 5.82. The van der Waals surface area contributed by atoms with E-state index in [2.05, 4.69) is 34.2 Å². The van der Waals surface area contributed by atoms with E-state index < -0.39 is 17.1 Å². The number of H-pyrrole nitrogens is 1. The number of esters is 1. The third kappa shape index (κ3) is 6.81. The molecule has 1 saturated carbocycles. The van der Waals surface area contributed by atoms with Crippen molar-refractivity contribution in [3.63, 3.8) is 0 Å². The highest BCUT2D eigenvalue weighted by Crippen LogP contribution is 2.36. The molecule has 0 saturated heterocycles. The Balaban J connectivity index is 1.50. The summed E-state index contributed by atoms with van der Waals surface area (Å²) in [6.45, 7) is 5.52. The van der Waals surface area contributed by atoms with Crippen molar-refractivity contribution in [2.24, 2.45) is 5.92 Å². The van der Waals surface area contributed by atoms with E-state index in [9.17, 15) is 9.59 Å². The topological polar surface area (TPSA) is 81.3 Å². The number of hydrogen-bond donors (Lipinski definition) is 1. The van der Waals surface area contributed by atoms with E-state index >= 15 is 0 Å². The third-order valence-corrected chi connectivity index (χ3v) is 6.34. The minimum absolute atomic E-state index is 0.0624. The molecule has 6 heteroatoms. The van der Waals surface area contributed by atoms with E-state index in [1.807, 2.05) is 36.4 Å². The monoisotopic (exact) mass is 474 g/mol. The zero-order valence-corrected chi connectivity index (χ0v) is 20.8. The summed E-state index contributed by atoms with van der Waals surface area (Å²) in [4.78, 5) is 33.4. The van der Waals surface area contributed by atoms with Crippen LogP contribution in [-0.2, 0) is 17.8 Å². The van der Waals surface area contributed by atoms with E-state index in [0.29, 0.717) is 24.1 Å². The average molecular weight is 475 g/mol. The van der Waals surface area contributed by atoms with Gasteiger partial charge < -0.3 is 14.5 Å². The maximum absolute atomic E-state index is 13.0. The lowest BCUT2D eigenvalue weighted by Gasteiger charge is -2.28. The van der Waals surface area contributed by atoms with Gasteiger partial charge in [-0.25, -0.2) is 9.78 Å². The third-order valence-electron chi connectivity index (χ3n) is 6.34. The average Bonchev–Trinajstić information content (AvgIpc) is 2.84. The zero-order chi connectivity index (χ0) is 24.8. The molecular formula is C29H34N2O4. The molecule has 35 heavy (non-hydrogen) atoms. The van der Waals surface area contributed by atoms with Gasteiger partial charge in [-0.3, -0.25) is 4.79 Å². The molecule has 1 fully saturated rings. The molecule has 1 heterocycles. The first-order valence-corrected chi connectivity index (χ1v) is 12.4. The number of rotatable bonds is 7. The number of nitrogens with zero attached hydrogens (tertiary/aromatic N) is 1. The summed E-state index contributed by atoms with van der Waals surface area (Å²) in [6.07, 6.45) is 4.94. The van der Waals surface area contributed by atoms with Gasteiger partial charge in [-0.1, -0.05) is 60.7 Å². The van der Waals surface area contributed by atoms with Gasteiger partial charge in [-0.05, 0) is 69.4 Å². The van der Waals surface area contributed by atoms with Gasteiger partial charge in [0.2, 0.25) is 5.75 Å². The molecular weight excluding hydrogens is 440 g/mol. The van der Waals surface area contributed by atoms with Crippen LogP contribution in [0.15, 0.2) is 65.5 Å². The summed E-state index contributed by atoms with van der Waals surface area (Å²) in [7, 11) is 0. The van der Waals surface area contributed by atoms with Crippen molar-refractivity contribution in [2.45, 2.75) is 71.0 Å². The smallest absolute Gasteiger partial charge is 0.361 e. The first-order valence-electron chi connectivity index (χ1n) is 12.4. The maximum Gasteiger partial charge on any atom is 0.361 e. The van der Waals surface area contributed by atoms with Crippen LogP contribution in [0.1, 0.15) is 79.8 Å². The van der Waals surface area contributed by atoms with Crippen molar-refractivity contribution in [1.82, 2.24) is 9.97 Å². The number of aromatic nitrogens is 2. The number of ether oxygens (including phenoxy) is 2. The lowest BCUT2D eigenvalue weighted by Crippen LogP contribution is -2.28. The highest BCUT2D eigenvalue weighted by Gasteiger charge is 2.28. The molecule has 0 amide bonds. The van der Waals surface area contributed by atoms with Crippen molar-refractivity contribution in [3.8, 4) is 5.75 Å². The number of carbonyl (C=O) groups is 1. The number of carbonyl (C=O) groups excluding carboxylic acids is 1. The first kappa shape index (κ1) is 24.7. The van der Waals surface area contributed by atoms with E-state index in [1.54, 1.807) is 20.8 Å². The minimum atomic E-state index is -0.714. The molecule has 0 atom stereocenters. The number of aromatic amines is 1. The van der Waals surface area contributed by atoms with Crippen molar-refractivity contribution < 1.29 is 14.3 Å². The lowest BCUT2D eigenvalue weighted by atomic mass is 9.77. The molecule has 1 aromatic heterocycles. The van der Waals surface area contributed by atoms with E-state index in [0.717, 1.165) is 31.2 Å². The van der Waals surface area contributed by atoms with Gasteiger partial charge in [0, 0.05) is 6.42 Å². The summed E-state index contributed by atoms with van der Waals surface area (Å²) in [5.74, 6) is 0.734. The van der Waals surface area contributed by atoms with Crippen molar-refractivity contribution >= 4 is 5.97 Å². The molecule has 0 aliphatic heterocycles. The van der Waals surface area contributed by atoms with Crippen molar-refractivity contribution in [1.29, 1.82) is 0 Å². The van der Waals surface area contributed by atoms with Gasteiger partial charge in [0.25, 0.3) is 5.56 Å². The number of hydrogen-bond acceptors (Lipinski definition) is 5. The van der Waals surface area contributed by atoms with Gasteiger partial charge in [0.1, 0.15) is 18.0 Å². The zero-order valence-electron chi connectivity index (χ0n) is 20.8. The second kappa shape index (κ2) is 10.9. The SMILES string of the molecule is CC(C)(C)OC(=O)c1nc(CC2CCC(c3ccccc3)CC2)[nH]c(=O)c1OCc1ccccc1. The first-order chi connectivity index (χ1) is 16.8. The molecule has 4 rings (SSSR count). The number of benzene rings is 2. The molecule has 1 N–H and O–H groups in total. The predicted molar refractivity (Wildman–Crippen MR) is 136 cm³/mol. The Bertz CT molecular complexity index is 1170. The molecule has 6 nitrogen and oxygen atoms in total. The Labute approximate surface area is 206 Å². The van der Waals surface area contributed by atoms with Crippen LogP contribution in [0, 0.1) is 5.92 Å². The highest BCUT2D eigenvalue weighted by molar-refractivity contribution is 5.90. The van der Waals surface area contributed by atoms with Crippen LogP contribution in [0.5, 0.6) is 5.75 Å². The molecule has 0 radical (unpaired) electrons. The fourth-order valence-electron chi connectivity index (χ4n) is 4.63. The quantitative estimate of drug-likeness (QED) is 0.436. The molecule has 3 aromatic rings. The minimum Gasteiger partial charge on any atom is -0.481 e. The Morgan fingerprint density at radius 3 is 2.23 bits per heavy atom. The second-order valence-corrected chi connectivity index (χ2v) is 10.3. The normalized spacial score (nSPS) is 18.1. The van der Waals surface area contributed by atoms with Gasteiger partial charge >= 0.3 is 5.97 Å². The van der Waals surface area contributed by atoms with Crippen molar-refractivity contribution in [3.05, 3.63) is 93.7 Å². The van der Waals surface area contributed by atoms with Crippen LogP contribution in [-0.4, -0.2) is 21.5 Å². The highest BCUT2D eigenvalue weighted by atomic mass is 16.6. The fraction of sp³-hybridized carbons (Fsp3) is 0.414. The molecule has 1 aliphatic carbocycles. The van der Waals surface area contributed by atoms with Gasteiger partial charge in [0.15, 0.2) is 5.69 Å². The van der Waals surface area contributed by atoms with Gasteiger partial charge in [-0.2, -0.15) is 0 Å². The fourth-order valence-corrected chi connectivity index (χ4v) is 4.63. The largest absolute Gasteiger partial charge is 0.481 e. The maximum atomic E-state index is 13.0. The summed E-state index contributed by atoms with van der Waals surface area (Å²) in [5, 5.41) is 0. The second-order valence-electron chi connectivity index (χ2n) is 10.3.